The van der Waals surface area contributed by atoms with E-state index in [2.05, 4.69) is 68.8 Å². The van der Waals surface area contributed by atoms with Crippen molar-refractivity contribution in [3.05, 3.63) is 52.8 Å². The van der Waals surface area contributed by atoms with Crippen molar-refractivity contribution in [3.63, 3.8) is 0 Å². The SMILES string of the molecule is CC[N+](C)(C)C(=O)NC1(C)CC(C)(C)c2c1c(C)n(-c1ccccc1)c2C. The Morgan fingerprint density at radius 2 is 1.63 bits per heavy atom. The van der Waals surface area contributed by atoms with E-state index in [0.29, 0.717) is 4.48 Å². The Balaban J connectivity index is 2.16. The van der Waals surface area contributed by atoms with E-state index in [1.807, 2.05) is 27.1 Å². The van der Waals surface area contributed by atoms with Gasteiger partial charge in [0, 0.05) is 22.6 Å². The van der Waals surface area contributed by atoms with E-state index in [0.717, 1.165) is 13.0 Å². The Labute approximate surface area is 163 Å². The van der Waals surface area contributed by atoms with E-state index >= 15 is 0 Å². The molecule has 27 heavy (non-hydrogen) atoms. The van der Waals surface area contributed by atoms with Gasteiger partial charge < -0.3 is 4.57 Å². The molecule has 1 unspecified atom stereocenters. The van der Waals surface area contributed by atoms with Gasteiger partial charge in [0.05, 0.1) is 26.2 Å². The van der Waals surface area contributed by atoms with E-state index in [-0.39, 0.29) is 17.0 Å². The number of amides is 2. The zero-order valence-corrected chi connectivity index (χ0v) is 18.1. The van der Waals surface area contributed by atoms with Gasteiger partial charge in [-0.1, -0.05) is 32.0 Å². The lowest BCUT2D eigenvalue weighted by Crippen LogP contribution is -2.56. The molecule has 1 aliphatic rings. The fourth-order valence-corrected chi connectivity index (χ4v) is 5.00. The second-order valence-corrected chi connectivity index (χ2v) is 9.42. The average molecular weight is 369 g/mol. The molecule has 2 amide bonds. The van der Waals surface area contributed by atoms with Crippen molar-refractivity contribution in [1.82, 2.24) is 9.88 Å². The smallest absolute Gasteiger partial charge is 0.318 e. The molecule has 0 radical (unpaired) electrons. The number of carbonyl (C=O) groups excluding carboxylic acids is 1. The molecule has 0 spiro atoms. The zero-order valence-electron chi connectivity index (χ0n) is 18.1. The van der Waals surface area contributed by atoms with Crippen LogP contribution in [0.2, 0.25) is 0 Å². The second kappa shape index (κ2) is 6.23. The van der Waals surface area contributed by atoms with Crippen LogP contribution in [0.4, 0.5) is 4.79 Å². The lowest BCUT2D eigenvalue weighted by molar-refractivity contribution is -0.807. The molecule has 0 bridgehead atoms. The molecule has 1 aliphatic carbocycles. The summed E-state index contributed by atoms with van der Waals surface area (Å²) >= 11 is 0. The summed E-state index contributed by atoms with van der Waals surface area (Å²) in [6.07, 6.45) is 0.914. The van der Waals surface area contributed by atoms with Crippen molar-refractivity contribution in [3.8, 4) is 5.69 Å². The molecule has 4 nitrogen and oxygen atoms in total. The van der Waals surface area contributed by atoms with Crippen molar-refractivity contribution >= 4 is 6.03 Å². The molecule has 0 fully saturated rings. The number of urea groups is 1. The molecule has 4 heteroatoms. The molecule has 1 aromatic carbocycles. The highest BCUT2D eigenvalue weighted by atomic mass is 16.2. The van der Waals surface area contributed by atoms with Gasteiger partial charge in [0.2, 0.25) is 0 Å². The number of carbonyl (C=O) groups is 1. The van der Waals surface area contributed by atoms with Gasteiger partial charge >= 0.3 is 6.03 Å². The fourth-order valence-electron chi connectivity index (χ4n) is 5.00. The summed E-state index contributed by atoms with van der Waals surface area (Å²) < 4.78 is 2.68. The van der Waals surface area contributed by atoms with Gasteiger partial charge in [-0.25, -0.2) is 9.28 Å². The number of nitrogens with one attached hydrogen (secondary N) is 1. The Morgan fingerprint density at radius 1 is 1.07 bits per heavy atom. The van der Waals surface area contributed by atoms with Crippen molar-refractivity contribution < 1.29 is 9.28 Å². The Morgan fingerprint density at radius 3 is 2.19 bits per heavy atom. The quantitative estimate of drug-likeness (QED) is 0.776. The minimum atomic E-state index is -0.366. The summed E-state index contributed by atoms with van der Waals surface area (Å²) in [5.74, 6) is 0. The number of hydrogen-bond acceptors (Lipinski definition) is 1. The standard InChI is InChI=1S/C23H33N3O/c1-9-26(7,8)21(27)24-23(6)15-22(4,5)19-16(2)25(17(3)20(19)23)18-13-11-10-12-14-18/h10-14H,9,15H2,1-8H3/p+1. The first-order valence-corrected chi connectivity index (χ1v) is 9.88. The van der Waals surface area contributed by atoms with Crippen LogP contribution < -0.4 is 5.32 Å². The van der Waals surface area contributed by atoms with Gasteiger partial charge in [-0.2, -0.15) is 0 Å². The van der Waals surface area contributed by atoms with Crippen LogP contribution in [-0.4, -0.2) is 35.7 Å². The molecule has 1 heterocycles. The predicted molar refractivity (Wildman–Crippen MR) is 111 cm³/mol. The minimum absolute atomic E-state index is 0.00952. The van der Waals surface area contributed by atoms with Gasteiger partial charge in [0.15, 0.2) is 0 Å². The molecule has 0 aliphatic heterocycles. The third-order valence-electron chi connectivity index (χ3n) is 6.41. The maximum absolute atomic E-state index is 13.0. The lowest BCUT2D eigenvalue weighted by Gasteiger charge is -2.34. The summed E-state index contributed by atoms with van der Waals surface area (Å²) in [6, 6.07) is 10.6. The largest absolute Gasteiger partial charge is 0.416 e. The molecule has 0 saturated carbocycles. The number of quaternary nitrogens is 1. The van der Waals surface area contributed by atoms with Crippen LogP contribution in [0.3, 0.4) is 0 Å². The molecule has 3 rings (SSSR count). The maximum atomic E-state index is 13.0. The fraction of sp³-hybridized carbons (Fsp3) is 0.522. The molecule has 146 valence electrons. The molecular formula is C23H34N3O+. The van der Waals surface area contributed by atoms with Crippen LogP contribution in [0.15, 0.2) is 30.3 Å². The van der Waals surface area contributed by atoms with Crippen molar-refractivity contribution in [2.24, 2.45) is 0 Å². The van der Waals surface area contributed by atoms with E-state index in [9.17, 15) is 4.79 Å². The summed E-state index contributed by atoms with van der Waals surface area (Å²) in [6.45, 7) is 14.0. The van der Waals surface area contributed by atoms with Crippen LogP contribution in [0, 0.1) is 13.8 Å². The number of para-hydroxylation sites is 1. The molecular weight excluding hydrogens is 334 g/mol. The van der Waals surface area contributed by atoms with E-state index < -0.39 is 0 Å². The molecule has 1 N–H and O–H groups in total. The lowest BCUT2D eigenvalue weighted by atomic mass is 9.84. The average Bonchev–Trinajstić information content (AvgIpc) is 2.98. The van der Waals surface area contributed by atoms with Crippen LogP contribution >= 0.6 is 0 Å². The van der Waals surface area contributed by atoms with E-state index in [1.54, 1.807) is 0 Å². The summed E-state index contributed by atoms with van der Waals surface area (Å²) in [7, 11) is 3.93. The van der Waals surface area contributed by atoms with Crippen molar-refractivity contribution in [2.45, 2.75) is 58.9 Å². The van der Waals surface area contributed by atoms with Gasteiger partial charge in [-0.15, -0.1) is 0 Å². The van der Waals surface area contributed by atoms with Gasteiger partial charge in [-0.3, -0.25) is 5.32 Å². The third-order valence-corrected chi connectivity index (χ3v) is 6.41. The van der Waals surface area contributed by atoms with Crippen molar-refractivity contribution in [1.29, 1.82) is 0 Å². The van der Waals surface area contributed by atoms with Crippen LogP contribution in [0.25, 0.3) is 5.69 Å². The summed E-state index contributed by atoms with van der Waals surface area (Å²) in [5, 5.41) is 3.41. The Bertz CT molecular complexity index is 877. The maximum Gasteiger partial charge on any atom is 0.416 e. The monoisotopic (exact) mass is 368 g/mol. The predicted octanol–water partition coefficient (Wildman–Crippen LogP) is 4.80. The topological polar surface area (TPSA) is 34.0 Å². The number of nitrogens with zero attached hydrogens (tertiary/aromatic N) is 2. The summed E-state index contributed by atoms with van der Waals surface area (Å²) in [4.78, 5) is 13.0. The zero-order chi connectivity index (χ0) is 20.2. The van der Waals surface area contributed by atoms with Gasteiger partial charge in [0.25, 0.3) is 0 Å². The van der Waals surface area contributed by atoms with Gasteiger partial charge in [0.1, 0.15) is 0 Å². The number of benzene rings is 1. The molecule has 1 atom stereocenters. The third kappa shape index (κ3) is 3.00. The van der Waals surface area contributed by atoms with Crippen LogP contribution in [0.5, 0.6) is 0 Å². The molecule has 2 aromatic rings. The minimum Gasteiger partial charge on any atom is -0.318 e. The van der Waals surface area contributed by atoms with E-state index in [4.69, 9.17) is 0 Å². The highest BCUT2D eigenvalue weighted by molar-refractivity contribution is 5.70. The first kappa shape index (κ1) is 19.7. The number of rotatable bonds is 3. The highest BCUT2D eigenvalue weighted by Gasteiger charge is 2.51. The summed E-state index contributed by atoms with van der Waals surface area (Å²) in [5.41, 5.74) is 6.00. The van der Waals surface area contributed by atoms with Crippen molar-refractivity contribution in [2.75, 3.05) is 20.6 Å². The molecule has 0 saturated heterocycles. The Hall–Kier alpha value is -2.07. The first-order chi connectivity index (χ1) is 12.4. The van der Waals surface area contributed by atoms with Gasteiger partial charge in [-0.05, 0) is 57.2 Å². The van der Waals surface area contributed by atoms with E-state index in [1.165, 1.54) is 28.2 Å². The normalized spacial score (nSPS) is 21.2. The van der Waals surface area contributed by atoms with Crippen LogP contribution in [0.1, 0.15) is 56.6 Å². The number of hydrogen-bond donors (Lipinski definition) is 1. The highest BCUT2D eigenvalue weighted by Crippen LogP contribution is 2.52. The Kier molecular flexibility index (Phi) is 4.54. The number of aromatic nitrogens is 1. The van der Waals surface area contributed by atoms with Crippen LogP contribution in [-0.2, 0) is 11.0 Å². The first-order valence-electron chi connectivity index (χ1n) is 9.88. The second-order valence-electron chi connectivity index (χ2n) is 9.42. The molecule has 1 aromatic heterocycles. The number of fused-ring (bicyclic) bond motifs is 1.